The number of rotatable bonds is 2. The van der Waals surface area contributed by atoms with Gasteiger partial charge >= 0.3 is 0 Å². The molecule has 2 rings (SSSR count). The Labute approximate surface area is 102 Å². The van der Waals surface area contributed by atoms with Gasteiger partial charge in [0.1, 0.15) is 5.82 Å². The summed E-state index contributed by atoms with van der Waals surface area (Å²) < 4.78 is 0. The molecule has 0 spiro atoms. The van der Waals surface area contributed by atoms with E-state index >= 15 is 0 Å². The van der Waals surface area contributed by atoms with Crippen molar-refractivity contribution in [3.8, 4) is 0 Å². The number of aryl methyl sites for hydroxylation is 1. The van der Waals surface area contributed by atoms with Crippen LogP contribution in [0.2, 0.25) is 0 Å². The van der Waals surface area contributed by atoms with E-state index in [0.717, 1.165) is 37.4 Å². The van der Waals surface area contributed by atoms with Crippen LogP contribution in [0.4, 0.5) is 0 Å². The average Bonchev–Trinajstić information content (AvgIpc) is 2.28. The van der Waals surface area contributed by atoms with Gasteiger partial charge in [-0.1, -0.05) is 0 Å². The number of aromatic nitrogens is 2. The third-order valence-electron chi connectivity index (χ3n) is 3.56. The molecule has 1 fully saturated rings. The first kappa shape index (κ1) is 12.3. The normalized spacial score (nSPS) is 18.8. The molecule has 1 aliphatic rings. The summed E-state index contributed by atoms with van der Waals surface area (Å²) in [5.41, 5.74) is 0.938. The summed E-state index contributed by atoms with van der Waals surface area (Å²) in [5.74, 6) is 1.17. The molecule has 1 aromatic rings. The number of hydrogen-bond acceptors (Lipinski definition) is 3. The molecule has 0 aromatic carbocycles. The van der Waals surface area contributed by atoms with Crippen LogP contribution < -0.4 is 5.56 Å². The van der Waals surface area contributed by atoms with Crippen molar-refractivity contribution in [2.45, 2.75) is 45.6 Å². The zero-order valence-electron chi connectivity index (χ0n) is 10.9. The van der Waals surface area contributed by atoms with Gasteiger partial charge in [0, 0.05) is 18.0 Å². The molecule has 1 saturated heterocycles. The maximum Gasteiger partial charge on any atom is 0.251 e. The van der Waals surface area contributed by atoms with Gasteiger partial charge in [-0.15, -0.1) is 0 Å². The molecule has 2 heterocycles. The minimum absolute atomic E-state index is 0.0289. The number of nitrogens with one attached hydrogen (secondary N) is 1. The fraction of sp³-hybridized carbons (Fsp3) is 0.692. The highest BCUT2D eigenvalue weighted by molar-refractivity contribution is 5.09. The second-order valence-corrected chi connectivity index (χ2v) is 5.16. The third-order valence-corrected chi connectivity index (χ3v) is 3.56. The predicted octanol–water partition coefficient (Wildman–Crippen LogP) is 1.67. The number of H-pyrrole nitrogens is 1. The first-order chi connectivity index (χ1) is 8.06. The molecule has 0 aliphatic carbocycles. The summed E-state index contributed by atoms with van der Waals surface area (Å²) >= 11 is 0. The minimum Gasteiger partial charge on any atom is -0.311 e. The zero-order valence-corrected chi connectivity index (χ0v) is 10.9. The molecule has 1 aromatic heterocycles. The molecule has 0 atom stereocenters. The van der Waals surface area contributed by atoms with Crippen molar-refractivity contribution in [3.05, 3.63) is 27.9 Å². The molecule has 4 heteroatoms. The van der Waals surface area contributed by atoms with Crippen LogP contribution in [-0.4, -0.2) is 34.0 Å². The molecular formula is C13H21N3O. The van der Waals surface area contributed by atoms with E-state index in [1.165, 1.54) is 0 Å². The van der Waals surface area contributed by atoms with E-state index < -0.39 is 0 Å². The quantitative estimate of drug-likeness (QED) is 0.848. The van der Waals surface area contributed by atoms with Crippen molar-refractivity contribution in [1.29, 1.82) is 0 Å². The Morgan fingerprint density at radius 1 is 1.41 bits per heavy atom. The molecule has 0 radical (unpaired) electrons. The first-order valence-corrected chi connectivity index (χ1v) is 6.38. The zero-order chi connectivity index (χ0) is 12.4. The summed E-state index contributed by atoms with van der Waals surface area (Å²) in [7, 11) is 0. The van der Waals surface area contributed by atoms with E-state index in [9.17, 15) is 4.79 Å². The summed E-state index contributed by atoms with van der Waals surface area (Å²) in [4.78, 5) is 21.1. The molecule has 0 amide bonds. The lowest BCUT2D eigenvalue weighted by Gasteiger charge is -2.34. The topological polar surface area (TPSA) is 49.0 Å². The number of nitrogens with zero attached hydrogens (tertiary/aromatic N) is 2. The van der Waals surface area contributed by atoms with Crippen LogP contribution in [0.1, 0.15) is 44.1 Å². The molecule has 1 aliphatic heterocycles. The van der Waals surface area contributed by atoms with E-state index in [1.54, 1.807) is 6.07 Å². The molecule has 0 saturated carbocycles. The van der Waals surface area contributed by atoms with Crippen LogP contribution >= 0.6 is 0 Å². The number of piperidine rings is 1. The van der Waals surface area contributed by atoms with Crippen molar-refractivity contribution in [1.82, 2.24) is 14.9 Å². The SMILES string of the molecule is Cc1nc(C2CCN(C(C)C)CC2)cc(=O)[nH]1. The van der Waals surface area contributed by atoms with Gasteiger partial charge < -0.3 is 9.88 Å². The van der Waals surface area contributed by atoms with Crippen LogP contribution in [-0.2, 0) is 0 Å². The Morgan fingerprint density at radius 3 is 2.59 bits per heavy atom. The summed E-state index contributed by atoms with van der Waals surface area (Å²) in [5, 5.41) is 0. The second kappa shape index (κ2) is 5.00. The van der Waals surface area contributed by atoms with Crippen molar-refractivity contribution >= 4 is 0 Å². The monoisotopic (exact) mass is 235 g/mol. The lowest BCUT2D eigenvalue weighted by atomic mass is 9.92. The minimum atomic E-state index is -0.0289. The van der Waals surface area contributed by atoms with E-state index in [2.05, 4.69) is 28.7 Å². The van der Waals surface area contributed by atoms with Crippen LogP contribution in [0, 0.1) is 6.92 Å². The highest BCUT2D eigenvalue weighted by Crippen LogP contribution is 2.26. The molecule has 17 heavy (non-hydrogen) atoms. The van der Waals surface area contributed by atoms with Gasteiger partial charge in [-0.2, -0.15) is 0 Å². The van der Waals surface area contributed by atoms with Gasteiger partial charge in [0.2, 0.25) is 0 Å². The Morgan fingerprint density at radius 2 is 2.06 bits per heavy atom. The van der Waals surface area contributed by atoms with Gasteiger partial charge in [0.25, 0.3) is 5.56 Å². The van der Waals surface area contributed by atoms with Crippen molar-refractivity contribution in [2.24, 2.45) is 0 Å². The van der Waals surface area contributed by atoms with Gasteiger partial charge in [0.15, 0.2) is 0 Å². The number of hydrogen-bond donors (Lipinski definition) is 1. The largest absolute Gasteiger partial charge is 0.311 e. The highest BCUT2D eigenvalue weighted by Gasteiger charge is 2.23. The van der Waals surface area contributed by atoms with Crippen LogP contribution in [0.5, 0.6) is 0 Å². The third kappa shape index (κ3) is 2.94. The lowest BCUT2D eigenvalue weighted by Crippen LogP contribution is -2.38. The Bertz CT molecular complexity index is 431. The standard InChI is InChI=1S/C13H21N3O/c1-9(2)16-6-4-11(5-7-16)12-8-13(17)15-10(3)14-12/h8-9,11H,4-7H2,1-3H3,(H,14,15,17). The fourth-order valence-corrected chi connectivity index (χ4v) is 2.52. The van der Waals surface area contributed by atoms with E-state index in [4.69, 9.17) is 0 Å². The number of likely N-dealkylation sites (tertiary alicyclic amines) is 1. The molecule has 94 valence electrons. The summed E-state index contributed by atoms with van der Waals surface area (Å²) in [6, 6.07) is 2.27. The van der Waals surface area contributed by atoms with Crippen LogP contribution in [0.3, 0.4) is 0 Å². The van der Waals surface area contributed by atoms with Gasteiger partial charge in [-0.05, 0) is 46.7 Å². The smallest absolute Gasteiger partial charge is 0.251 e. The van der Waals surface area contributed by atoms with Gasteiger partial charge in [-0.3, -0.25) is 4.79 Å². The van der Waals surface area contributed by atoms with Crippen molar-refractivity contribution in [2.75, 3.05) is 13.1 Å². The molecular weight excluding hydrogens is 214 g/mol. The molecule has 4 nitrogen and oxygen atoms in total. The van der Waals surface area contributed by atoms with Crippen molar-refractivity contribution in [3.63, 3.8) is 0 Å². The van der Waals surface area contributed by atoms with Crippen molar-refractivity contribution < 1.29 is 0 Å². The van der Waals surface area contributed by atoms with E-state index in [1.807, 2.05) is 6.92 Å². The Kier molecular flexibility index (Phi) is 3.62. The van der Waals surface area contributed by atoms with Gasteiger partial charge in [0.05, 0.1) is 5.69 Å². The lowest BCUT2D eigenvalue weighted by molar-refractivity contribution is 0.170. The molecule has 0 unspecified atom stereocenters. The Balaban J connectivity index is 2.08. The number of aromatic amines is 1. The van der Waals surface area contributed by atoms with Crippen LogP contribution in [0.25, 0.3) is 0 Å². The highest BCUT2D eigenvalue weighted by atomic mass is 16.1. The second-order valence-electron chi connectivity index (χ2n) is 5.16. The van der Waals surface area contributed by atoms with Gasteiger partial charge in [-0.25, -0.2) is 4.98 Å². The summed E-state index contributed by atoms with van der Waals surface area (Å²) in [6.45, 7) is 8.52. The first-order valence-electron chi connectivity index (χ1n) is 6.38. The van der Waals surface area contributed by atoms with E-state index in [0.29, 0.717) is 12.0 Å². The summed E-state index contributed by atoms with van der Waals surface area (Å²) in [6.07, 6.45) is 2.21. The van der Waals surface area contributed by atoms with E-state index in [-0.39, 0.29) is 5.56 Å². The molecule has 1 N–H and O–H groups in total. The molecule has 0 bridgehead atoms. The maximum absolute atomic E-state index is 11.4. The fourth-order valence-electron chi connectivity index (χ4n) is 2.52. The van der Waals surface area contributed by atoms with Crippen LogP contribution in [0.15, 0.2) is 10.9 Å². The predicted molar refractivity (Wildman–Crippen MR) is 68.3 cm³/mol. The average molecular weight is 235 g/mol. The maximum atomic E-state index is 11.4. The Hall–Kier alpha value is -1.16.